The molecular formula is C15H20N4O3S2. The Balaban J connectivity index is 2.05. The first-order valence-corrected chi connectivity index (χ1v) is 9.64. The molecule has 130 valence electrons. The molecule has 1 aromatic heterocycles. The lowest BCUT2D eigenvalue weighted by Crippen LogP contribution is -2.22. The van der Waals surface area contributed by atoms with Gasteiger partial charge >= 0.3 is 0 Å². The number of carbonyl (C=O) groups excluding carboxylic acids is 1. The summed E-state index contributed by atoms with van der Waals surface area (Å²) in [4.78, 5) is 17.6. The van der Waals surface area contributed by atoms with Crippen LogP contribution >= 0.6 is 11.3 Å². The van der Waals surface area contributed by atoms with E-state index < -0.39 is 10.0 Å². The van der Waals surface area contributed by atoms with Gasteiger partial charge in [-0.15, -0.1) is 11.3 Å². The SMILES string of the molecule is CC(=O)Nc1nc(CN(C)C(C)c2ccc(S(N)(=O)=O)cc2)cs1. The summed E-state index contributed by atoms with van der Waals surface area (Å²) in [5.41, 5.74) is 1.83. The summed E-state index contributed by atoms with van der Waals surface area (Å²) in [6, 6.07) is 6.58. The number of hydrogen-bond acceptors (Lipinski definition) is 6. The topological polar surface area (TPSA) is 105 Å². The minimum atomic E-state index is -3.68. The number of primary sulfonamides is 1. The fraction of sp³-hybridized carbons (Fsp3) is 0.333. The van der Waals surface area contributed by atoms with Crippen LogP contribution in [0.5, 0.6) is 0 Å². The number of aromatic nitrogens is 1. The second kappa shape index (κ2) is 7.39. The highest BCUT2D eigenvalue weighted by atomic mass is 32.2. The number of amides is 1. The van der Waals surface area contributed by atoms with Crippen molar-refractivity contribution in [3.05, 3.63) is 40.9 Å². The average Bonchev–Trinajstić information content (AvgIpc) is 2.92. The normalized spacial score (nSPS) is 13.0. The lowest BCUT2D eigenvalue weighted by atomic mass is 10.1. The molecule has 1 amide bonds. The van der Waals surface area contributed by atoms with Crippen molar-refractivity contribution in [1.29, 1.82) is 0 Å². The predicted octanol–water partition coefficient (Wildman–Crippen LogP) is 1.94. The van der Waals surface area contributed by atoms with Crippen LogP contribution in [-0.4, -0.2) is 31.3 Å². The van der Waals surface area contributed by atoms with Crippen LogP contribution in [0.25, 0.3) is 0 Å². The van der Waals surface area contributed by atoms with E-state index in [4.69, 9.17) is 5.14 Å². The molecule has 3 N–H and O–H groups in total. The van der Waals surface area contributed by atoms with E-state index in [-0.39, 0.29) is 16.8 Å². The van der Waals surface area contributed by atoms with Gasteiger partial charge in [0, 0.05) is 24.9 Å². The zero-order valence-corrected chi connectivity index (χ0v) is 15.3. The van der Waals surface area contributed by atoms with Gasteiger partial charge in [0.05, 0.1) is 10.6 Å². The summed E-state index contributed by atoms with van der Waals surface area (Å²) in [6.07, 6.45) is 0. The van der Waals surface area contributed by atoms with E-state index in [0.29, 0.717) is 11.7 Å². The zero-order valence-electron chi connectivity index (χ0n) is 13.7. The largest absolute Gasteiger partial charge is 0.302 e. The summed E-state index contributed by atoms with van der Waals surface area (Å²) in [5, 5.41) is 10.2. The minimum Gasteiger partial charge on any atom is -0.302 e. The van der Waals surface area contributed by atoms with E-state index in [1.165, 1.54) is 30.4 Å². The molecule has 1 heterocycles. The number of nitrogens with one attached hydrogen (secondary N) is 1. The number of sulfonamides is 1. The molecule has 0 aliphatic rings. The van der Waals surface area contributed by atoms with E-state index >= 15 is 0 Å². The molecule has 0 radical (unpaired) electrons. The first-order chi connectivity index (χ1) is 11.2. The maximum Gasteiger partial charge on any atom is 0.238 e. The molecule has 1 unspecified atom stereocenters. The summed E-state index contributed by atoms with van der Waals surface area (Å²) in [6.45, 7) is 4.07. The van der Waals surface area contributed by atoms with Gasteiger partial charge in [0.1, 0.15) is 0 Å². The standard InChI is InChI=1S/C15H20N4O3S2/c1-10(12-4-6-14(7-5-12)24(16,21)22)19(3)8-13-9-23-15(18-13)17-11(2)20/h4-7,9-10H,8H2,1-3H3,(H2,16,21,22)(H,17,18,20). The highest BCUT2D eigenvalue weighted by molar-refractivity contribution is 7.89. The van der Waals surface area contributed by atoms with Crippen molar-refractivity contribution in [2.75, 3.05) is 12.4 Å². The second-order valence-electron chi connectivity index (χ2n) is 5.53. The van der Waals surface area contributed by atoms with Crippen LogP contribution < -0.4 is 10.5 Å². The number of nitrogens with zero attached hydrogens (tertiary/aromatic N) is 2. The van der Waals surface area contributed by atoms with Crippen molar-refractivity contribution >= 4 is 32.4 Å². The van der Waals surface area contributed by atoms with Crippen LogP contribution in [0.4, 0.5) is 5.13 Å². The van der Waals surface area contributed by atoms with Crippen molar-refractivity contribution in [3.8, 4) is 0 Å². The summed E-state index contributed by atoms with van der Waals surface area (Å²) >= 11 is 1.38. The minimum absolute atomic E-state index is 0.0606. The third kappa shape index (κ3) is 4.84. The van der Waals surface area contributed by atoms with Gasteiger partial charge in [-0.05, 0) is 31.7 Å². The molecule has 1 atom stereocenters. The molecule has 0 spiro atoms. The van der Waals surface area contributed by atoms with E-state index in [2.05, 4.69) is 15.2 Å². The lowest BCUT2D eigenvalue weighted by molar-refractivity contribution is -0.114. The summed E-state index contributed by atoms with van der Waals surface area (Å²) < 4.78 is 22.6. The zero-order chi connectivity index (χ0) is 17.9. The first-order valence-electron chi connectivity index (χ1n) is 7.22. The Bertz CT molecular complexity index is 815. The van der Waals surface area contributed by atoms with Crippen molar-refractivity contribution in [2.24, 2.45) is 5.14 Å². The second-order valence-corrected chi connectivity index (χ2v) is 7.95. The number of rotatable bonds is 6. The van der Waals surface area contributed by atoms with E-state index in [0.717, 1.165) is 11.3 Å². The predicted molar refractivity (Wildman–Crippen MR) is 94.1 cm³/mol. The Labute approximate surface area is 145 Å². The van der Waals surface area contributed by atoms with Gasteiger partial charge in [0.15, 0.2) is 5.13 Å². The monoisotopic (exact) mass is 368 g/mol. The van der Waals surface area contributed by atoms with Gasteiger partial charge in [-0.25, -0.2) is 18.5 Å². The molecular weight excluding hydrogens is 348 g/mol. The van der Waals surface area contributed by atoms with Crippen LogP contribution in [0.15, 0.2) is 34.5 Å². The third-order valence-corrected chi connectivity index (χ3v) is 5.33. The van der Waals surface area contributed by atoms with Crippen LogP contribution in [0.2, 0.25) is 0 Å². The number of nitrogens with two attached hydrogens (primary N) is 1. The van der Waals surface area contributed by atoms with Crippen LogP contribution in [0.1, 0.15) is 31.1 Å². The van der Waals surface area contributed by atoms with E-state index in [1.54, 1.807) is 12.1 Å². The highest BCUT2D eigenvalue weighted by Gasteiger charge is 2.15. The smallest absolute Gasteiger partial charge is 0.238 e. The molecule has 1 aromatic carbocycles. The van der Waals surface area contributed by atoms with Crippen molar-refractivity contribution in [3.63, 3.8) is 0 Å². The highest BCUT2D eigenvalue weighted by Crippen LogP contribution is 2.23. The van der Waals surface area contributed by atoms with Crippen molar-refractivity contribution in [1.82, 2.24) is 9.88 Å². The molecule has 2 aromatic rings. The fourth-order valence-electron chi connectivity index (χ4n) is 2.17. The maximum absolute atomic E-state index is 11.3. The molecule has 2 rings (SSSR count). The number of hydrogen-bond donors (Lipinski definition) is 2. The molecule has 0 bridgehead atoms. The van der Waals surface area contributed by atoms with Crippen LogP contribution in [-0.2, 0) is 21.4 Å². The Morgan fingerprint density at radius 1 is 1.38 bits per heavy atom. The van der Waals surface area contributed by atoms with Gasteiger partial charge in [-0.1, -0.05) is 12.1 Å². The number of anilines is 1. The molecule has 7 nitrogen and oxygen atoms in total. The molecule has 0 aliphatic carbocycles. The van der Waals surface area contributed by atoms with Gasteiger partial charge in [0.2, 0.25) is 15.9 Å². The Morgan fingerprint density at radius 2 is 2.00 bits per heavy atom. The first kappa shape index (κ1) is 18.5. The van der Waals surface area contributed by atoms with Gasteiger partial charge in [-0.3, -0.25) is 9.69 Å². The van der Waals surface area contributed by atoms with Crippen molar-refractivity contribution < 1.29 is 13.2 Å². The van der Waals surface area contributed by atoms with Gasteiger partial charge in [0.25, 0.3) is 0 Å². The maximum atomic E-state index is 11.3. The number of benzene rings is 1. The molecule has 0 fully saturated rings. The number of carbonyl (C=O) groups is 1. The molecule has 9 heteroatoms. The van der Waals surface area contributed by atoms with Crippen LogP contribution in [0.3, 0.4) is 0 Å². The van der Waals surface area contributed by atoms with Gasteiger partial charge in [-0.2, -0.15) is 0 Å². The average molecular weight is 368 g/mol. The van der Waals surface area contributed by atoms with Crippen molar-refractivity contribution in [2.45, 2.75) is 31.3 Å². The Kier molecular flexibility index (Phi) is 5.70. The molecule has 0 aliphatic heterocycles. The van der Waals surface area contributed by atoms with E-state index in [1.807, 2.05) is 19.4 Å². The quantitative estimate of drug-likeness (QED) is 0.811. The number of thiazole rings is 1. The molecule has 0 saturated heterocycles. The Morgan fingerprint density at radius 3 is 2.54 bits per heavy atom. The molecule has 24 heavy (non-hydrogen) atoms. The third-order valence-electron chi connectivity index (χ3n) is 3.60. The fourth-order valence-corrected chi connectivity index (χ4v) is 3.43. The summed E-state index contributed by atoms with van der Waals surface area (Å²) in [5.74, 6) is -0.146. The lowest BCUT2D eigenvalue weighted by Gasteiger charge is -2.24. The summed E-state index contributed by atoms with van der Waals surface area (Å²) in [7, 11) is -1.72. The van der Waals surface area contributed by atoms with Crippen LogP contribution in [0, 0.1) is 0 Å². The Hall–Kier alpha value is -1.81. The molecule has 0 saturated carbocycles. The van der Waals surface area contributed by atoms with E-state index in [9.17, 15) is 13.2 Å². The van der Waals surface area contributed by atoms with Gasteiger partial charge < -0.3 is 5.32 Å².